The van der Waals surface area contributed by atoms with Crippen molar-refractivity contribution in [2.75, 3.05) is 6.54 Å². The largest absolute Gasteiger partial charge is 0.451 e. The second kappa shape index (κ2) is 6.22. The van der Waals surface area contributed by atoms with Gasteiger partial charge >= 0.3 is 6.18 Å². The average Bonchev–Trinajstić information content (AvgIpc) is 3.26. The van der Waals surface area contributed by atoms with Crippen LogP contribution in [0.5, 0.6) is 0 Å². The summed E-state index contributed by atoms with van der Waals surface area (Å²) in [6.07, 6.45) is -3.11. The van der Waals surface area contributed by atoms with E-state index in [1.165, 1.54) is 15.8 Å². The summed E-state index contributed by atoms with van der Waals surface area (Å²) >= 11 is 0. The summed E-state index contributed by atoms with van der Waals surface area (Å²) in [6, 6.07) is 9.64. The molecule has 0 spiro atoms. The molecule has 0 saturated heterocycles. The number of aromatic nitrogens is 5. The van der Waals surface area contributed by atoms with Gasteiger partial charge in [0.2, 0.25) is 5.82 Å². The Morgan fingerprint density at radius 2 is 1.85 bits per heavy atom. The number of aryl methyl sites for hydroxylation is 1. The van der Waals surface area contributed by atoms with E-state index in [4.69, 9.17) is 0 Å². The molecule has 1 aliphatic heterocycles. The van der Waals surface area contributed by atoms with E-state index in [2.05, 4.69) is 15.3 Å². The van der Waals surface area contributed by atoms with Crippen LogP contribution in [0.2, 0.25) is 0 Å². The van der Waals surface area contributed by atoms with Crippen molar-refractivity contribution >= 4 is 5.91 Å². The lowest BCUT2D eigenvalue weighted by atomic mass is 10.0. The van der Waals surface area contributed by atoms with Crippen molar-refractivity contribution in [2.24, 2.45) is 7.05 Å². The smallest absolute Gasteiger partial charge is 0.321 e. The molecule has 0 bridgehead atoms. The molecule has 3 aromatic rings. The van der Waals surface area contributed by atoms with E-state index < -0.39 is 18.0 Å². The second-order valence-corrected chi connectivity index (χ2v) is 6.18. The maximum atomic E-state index is 13.3. The number of carbonyl (C=O) groups is 1. The number of carbonyl (C=O) groups excluding carboxylic acids is 1. The maximum Gasteiger partial charge on any atom is 0.451 e. The molecule has 0 saturated carbocycles. The maximum absolute atomic E-state index is 13.3. The molecule has 2 aromatic heterocycles. The summed E-state index contributed by atoms with van der Waals surface area (Å²) in [5, 5.41) is 11.1. The van der Waals surface area contributed by atoms with Crippen molar-refractivity contribution in [2.45, 2.75) is 18.8 Å². The minimum atomic E-state index is -4.61. The number of alkyl halides is 3. The van der Waals surface area contributed by atoms with E-state index in [-0.39, 0.29) is 24.8 Å². The van der Waals surface area contributed by atoms with Gasteiger partial charge in [0.15, 0.2) is 5.82 Å². The Morgan fingerprint density at radius 1 is 1.11 bits per heavy atom. The molecular formula is C17H15F3N6O. The molecule has 0 aliphatic carbocycles. The van der Waals surface area contributed by atoms with Crippen LogP contribution in [0.1, 0.15) is 33.7 Å². The van der Waals surface area contributed by atoms with E-state index >= 15 is 0 Å². The van der Waals surface area contributed by atoms with Gasteiger partial charge in [-0.05, 0) is 11.6 Å². The quantitative estimate of drug-likeness (QED) is 0.688. The third kappa shape index (κ3) is 2.86. The molecule has 10 heteroatoms. The van der Waals surface area contributed by atoms with Crippen molar-refractivity contribution in [1.29, 1.82) is 0 Å². The summed E-state index contributed by atoms with van der Waals surface area (Å²) in [5.41, 5.74) is 1.01. The third-order valence-corrected chi connectivity index (χ3v) is 4.57. The SMILES string of the molecule is Cn1nccc1C(=O)N1CCn2c(nnc2C(F)(F)F)C1c1ccccc1. The van der Waals surface area contributed by atoms with Gasteiger partial charge in [-0.25, -0.2) is 0 Å². The van der Waals surface area contributed by atoms with E-state index in [1.54, 1.807) is 43.4 Å². The first kappa shape index (κ1) is 17.3. The molecule has 1 amide bonds. The molecule has 0 radical (unpaired) electrons. The average molecular weight is 376 g/mol. The minimum absolute atomic E-state index is 0.0376. The lowest BCUT2D eigenvalue weighted by molar-refractivity contribution is -0.148. The van der Waals surface area contributed by atoms with Crippen LogP contribution in [-0.2, 0) is 19.8 Å². The van der Waals surface area contributed by atoms with Crippen LogP contribution < -0.4 is 0 Å². The van der Waals surface area contributed by atoms with Crippen molar-refractivity contribution in [1.82, 2.24) is 29.4 Å². The number of rotatable bonds is 2. The van der Waals surface area contributed by atoms with Crippen LogP contribution in [0.3, 0.4) is 0 Å². The molecule has 1 aliphatic rings. The zero-order valence-electron chi connectivity index (χ0n) is 14.3. The normalized spacial score (nSPS) is 17.0. The number of hydrogen-bond acceptors (Lipinski definition) is 4. The lowest BCUT2D eigenvalue weighted by Gasteiger charge is -2.36. The summed E-state index contributed by atoms with van der Waals surface area (Å²) in [6.45, 7) is 0.0573. The fourth-order valence-corrected chi connectivity index (χ4v) is 3.34. The molecule has 0 fully saturated rings. The second-order valence-electron chi connectivity index (χ2n) is 6.18. The Hall–Kier alpha value is -3.17. The van der Waals surface area contributed by atoms with Gasteiger partial charge in [-0.3, -0.25) is 9.48 Å². The molecule has 1 unspecified atom stereocenters. The molecule has 3 heterocycles. The standard InChI is InChI=1S/C17H15F3N6O/c1-24-12(7-8-21-24)15(27)25-9-10-26-14(22-23-16(26)17(18,19)20)13(25)11-5-3-2-4-6-11/h2-8,13H,9-10H2,1H3. The Labute approximate surface area is 152 Å². The summed E-state index contributed by atoms with van der Waals surface area (Å²) in [7, 11) is 1.64. The monoisotopic (exact) mass is 376 g/mol. The highest BCUT2D eigenvalue weighted by atomic mass is 19.4. The number of amides is 1. The van der Waals surface area contributed by atoms with Crippen molar-refractivity contribution in [3.63, 3.8) is 0 Å². The van der Waals surface area contributed by atoms with E-state index in [0.29, 0.717) is 11.3 Å². The highest BCUT2D eigenvalue weighted by Crippen LogP contribution is 2.36. The molecular weight excluding hydrogens is 361 g/mol. The van der Waals surface area contributed by atoms with E-state index in [9.17, 15) is 18.0 Å². The predicted octanol–water partition coefficient (Wildman–Crippen LogP) is 2.28. The minimum Gasteiger partial charge on any atom is -0.321 e. The van der Waals surface area contributed by atoms with Gasteiger partial charge in [0.1, 0.15) is 11.7 Å². The summed E-state index contributed by atoms with van der Waals surface area (Å²) in [5.74, 6) is -1.28. The van der Waals surface area contributed by atoms with Crippen LogP contribution in [0, 0.1) is 0 Å². The van der Waals surface area contributed by atoms with E-state index in [1.807, 2.05) is 0 Å². The van der Waals surface area contributed by atoms with Crippen LogP contribution in [0.15, 0.2) is 42.6 Å². The fraction of sp³-hybridized carbons (Fsp3) is 0.294. The first-order chi connectivity index (χ1) is 12.9. The summed E-state index contributed by atoms with van der Waals surface area (Å²) < 4.78 is 42.2. The van der Waals surface area contributed by atoms with Gasteiger partial charge in [0.05, 0.1) is 0 Å². The van der Waals surface area contributed by atoms with Gasteiger partial charge in [-0.1, -0.05) is 30.3 Å². The Bertz CT molecular complexity index is 978. The molecule has 1 aromatic carbocycles. The molecule has 27 heavy (non-hydrogen) atoms. The first-order valence-electron chi connectivity index (χ1n) is 8.22. The molecule has 1 atom stereocenters. The fourth-order valence-electron chi connectivity index (χ4n) is 3.34. The van der Waals surface area contributed by atoms with Crippen LogP contribution in [-0.4, -0.2) is 41.9 Å². The Kier molecular flexibility index (Phi) is 3.97. The Balaban J connectivity index is 1.83. The summed E-state index contributed by atoms with van der Waals surface area (Å²) in [4.78, 5) is 14.6. The van der Waals surface area contributed by atoms with Crippen molar-refractivity contribution < 1.29 is 18.0 Å². The zero-order chi connectivity index (χ0) is 19.2. The molecule has 4 rings (SSSR count). The highest BCUT2D eigenvalue weighted by Gasteiger charge is 2.43. The molecule has 7 nitrogen and oxygen atoms in total. The van der Waals surface area contributed by atoms with Gasteiger partial charge in [-0.2, -0.15) is 18.3 Å². The van der Waals surface area contributed by atoms with Gasteiger partial charge in [-0.15, -0.1) is 10.2 Å². The third-order valence-electron chi connectivity index (χ3n) is 4.57. The van der Waals surface area contributed by atoms with Gasteiger partial charge in [0.25, 0.3) is 5.91 Å². The zero-order valence-corrected chi connectivity index (χ0v) is 14.3. The molecule has 0 N–H and O–H groups in total. The van der Waals surface area contributed by atoms with Crippen LogP contribution in [0.25, 0.3) is 0 Å². The van der Waals surface area contributed by atoms with Crippen LogP contribution >= 0.6 is 0 Å². The predicted molar refractivity (Wildman–Crippen MR) is 87.6 cm³/mol. The lowest BCUT2D eigenvalue weighted by Crippen LogP contribution is -2.44. The Morgan fingerprint density at radius 3 is 2.48 bits per heavy atom. The van der Waals surface area contributed by atoms with Crippen molar-refractivity contribution in [3.05, 3.63) is 65.5 Å². The van der Waals surface area contributed by atoms with Crippen molar-refractivity contribution in [3.8, 4) is 0 Å². The van der Waals surface area contributed by atoms with Crippen LogP contribution in [0.4, 0.5) is 13.2 Å². The molecule has 140 valence electrons. The number of hydrogen-bond donors (Lipinski definition) is 0. The number of fused-ring (bicyclic) bond motifs is 1. The number of benzene rings is 1. The first-order valence-corrected chi connectivity index (χ1v) is 8.22. The number of nitrogens with zero attached hydrogens (tertiary/aromatic N) is 6. The highest BCUT2D eigenvalue weighted by molar-refractivity contribution is 5.93. The van der Waals surface area contributed by atoms with Gasteiger partial charge < -0.3 is 9.47 Å². The van der Waals surface area contributed by atoms with E-state index in [0.717, 1.165) is 4.57 Å². The number of halogens is 3. The topological polar surface area (TPSA) is 68.8 Å². The van der Waals surface area contributed by atoms with Gasteiger partial charge in [0, 0.05) is 26.3 Å².